The van der Waals surface area contributed by atoms with Crippen molar-refractivity contribution in [2.75, 3.05) is 13.1 Å². The van der Waals surface area contributed by atoms with Gasteiger partial charge in [-0.2, -0.15) is 0 Å². The quantitative estimate of drug-likeness (QED) is 0.682. The Balaban J connectivity index is 1.61. The molecule has 2 nitrogen and oxygen atoms in total. The van der Waals surface area contributed by atoms with E-state index in [0.29, 0.717) is 6.04 Å². The van der Waals surface area contributed by atoms with Gasteiger partial charge in [0.15, 0.2) is 0 Å². The lowest BCUT2D eigenvalue weighted by Crippen LogP contribution is -2.66. The van der Waals surface area contributed by atoms with Crippen molar-refractivity contribution in [3.63, 3.8) is 0 Å². The number of nitrogens with zero attached hydrogens (tertiary/aromatic N) is 1. The van der Waals surface area contributed by atoms with Crippen molar-refractivity contribution >= 4 is 0 Å². The smallest absolute Gasteiger partial charge is 0.0126 e. The topological polar surface area (TPSA) is 29.3 Å². The van der Waals surface area contributed by atoms with Crippen LogP contribution in [-0.4, -0.2) is 30.1 Å². The zero-order valence-corrected chi connectivity index (χ0v) is 9.32. The molecule has 14 heavy (non-hydrogen) atoms. The summed E-state index contributed by atoms with van der Waals surface area (Å²) in [5.74, 6) is 3.53. The first-order valence-electron chi connectivity index (χ1n) is 6.16. The van der Waals surface area contributed by atoms with Gasteiger partial charge in [0.05, 0.1) is 0 Å². The lowest BCUT2D eigenvalue weighted by molar-refractivity contribution is -0.0721. The highest BCUT2D eigenvalue weighted by molar-refractivity contribution is 5.03. The molecule has 5 unspecified atom stereocenters. The van der Waals surface area contributed by atoms with E-state index < -0.39 is 0 Å². The Morgan fingerprint density at radius 1 is 1.07 bits per heavy atom. The van der Waals surface area contributed by atoms with Gasteiger partial charge in [0, 0.05) is 25.2 Å². The van der Waals surface area contributed by atoms with E-state index in [1.807, 2.05) is 0 Å². The highest BCUT2D eigenvalue weighted by Crippen LogP contribution is 2.45. The predicted molar refractivity (Wildman–Crippen MR) is 57.9 cm³/mol. The van der Waals surface area contributed by atoms with Crippen LogP contribution in [0.4, 0.5) is 0 Å². The second-order valence-corrected chi connectivity index (χ2v) is 5.93. The number of nitrogens with two attached hydrogens (primary N) is 1. The predicted octanol–water partition coefficient (Wildman–Crippen LogP) is 1.31. The number of hydrogen-bond donors (Lipinski definition) is 1. The summed E-state index contributed by atoms with van der Waals surface area (Å²) in [6.07, 6.45) is 2.84. The summed E-state index contributed by atoms with van der Waals surface area (Å²) < 4.78 is 0. The highest BCUT2D eigenvalue weighted by Gasteiger charge is 2.49. The molecule has 0 amide bonds. The first kappa shape index (κ1) is 9.17. The van der Waals surface area contributed by atoms with Crippen LogP contribution in [0.25, 0.3) is 0 Å². The van der Waals surface area contributed by atoms with Gasteiger partial charge in [-0.25, -0.2) is 0 Å². The summed E-state index contributed by atoms with van der Waals surface area (Å²) in [5, 5.41) is 0. The van der Waals surface area contributed by atoms with Gasteiger partial charge >= 0.3 is 0 Å². The highest BCUT2D eigenvalue weighted by atomic mass is 15.2. The molecule has 2 heterocycles. The second-order valence-electron chi connectivity index (χ2n) is 5.93. The van der Waals surface area contributed by atoms with E-state index in [0.717, 1.165) is 29.7 Å². The molecular weight excluding hydrogens is 172 g/mol. The summed E-state index contributed by atoms with van der Waals surface area (Å²) >= 11 is 0. The third-order valence-electron chi connectivity index (χ3n) is 5.22. The van der Waals surface area contributed by atoms with Crippen molar-refractivity contribution in [3.05, 3.63) is 0 Å². The molecule has 2 saturated heterocycles. The molecule has 0 radical (unpaired) electrons. The van der Waals surface area contributed by atoms with Crippen LogP contribution in [0.2, 0.25) is 0 Å². The molecule has 2 aliphatic carbocycles. The van der Waals surface area contributed by atoms with Crippen LogP contribution >= 0.6 is 0 Å². The first-order valence-corrected chi connectivity index (χ1v) is 6.16. The van der Waals surface area contributed by atoms with E-state index in [4.69, 9.17) is 5.73 Å². The van der Waals surface area contributed by atoms with Gasteiger partial charge in [-0.05, 0) is 36.5 Å². The largest absolute Gasteiger partial charge is 0.327 e. The fraction of sp³-hybridized carbons (Fsp3) is 1.00. The molecule has 2 aliphatic heterocycles. The maximum Gasteiger partial charge on any atom is 0.0126 e. The minimum absolute atomic E-state index is 0.541. The molecule has 2 bridgehead atoms. The van der Waals surface area contributed by atoms with Gasteiger partial charge in [-0.15, -0.1) is 0 Å². The minimum Gasteiger partial charge on any atom is -0.327 e. The monoisotopic (exact) mass is 194 g/mol. The van der Waals surface area contributed by atoms with Crippen LogP contribution in [-0.2, 0) is 0 Å². The Morgan fingerprint density at radius 2 is 1.71 bits per heavy atom. The van der Waals surface area contributed by atoms with Crippen molar-refractivity contribution in [1.82, 2.24) is 4.90 Å². The van der Waals surface area contributed by atoms with Gasteiger partial charge in [0.2, 0.25) is 0 Å². The fourth-order valence-electron chi connectivity index (χ4n) is 3.71. The molecule has 0 aromatic carbocycles. The number of piperidine rings is 2. The maximum absolute atomic E-state index is 6.09. The van der Waals surface area contributed by atoms with E-state index in [2.05, 4.69) is 18.7 Å². The standard InChI is InChI=1S/C12H22N2/c1-7-3-11(8(7)2)14-5-9-4-10(6-14)12(9)13/h7-12H,3-6,13H2,1-2H3. The second kappa shape index (κ2) is 2.96. The number of fused-ring (bicyclic) bond motifs is 2. The average Bonchev–Trinajstić information content (AvgIpc) is 2.24. The van der Waals surface area contributed by atoms with Crippen LogP contribution < -0.4 is 5.73 Å². The SMILES string of the molecule is CC1CC(N2CC3CC(C2)C3N)C1C. The third kappa shape index (κ3) is 1.10. The van der Waals surface area contributed by atoms with E-state index >= 15 is 0 Å². The van der Waals surface area contributed by atoms with Crippen molar-refractivity contribution in [3.8, 4) is 0 Å². The Labute approximate surface area is 86.8 Å². The van der Waals surface area contributed by atoms with E-state index in [9.17, 15) is 0 Å². The maximum atomic E-state index is 6.09. The molecule has 4 aliphatic rings. The zero-order valence-electron chi connectivity index (χ0n) is 9.32. The Bertz CT molecular complexity index is 228. The van der Waals surface area contributed by atoms with Gasteiger partial charge in [0.1, 0.15) is 0 Å². The average molecular weight is 194 g/mol. The van der Waals surface area contributed by atoms with Crippen molar-refractivity contribution < 1.29 is 0 Å². The Morgan fingerprint density at radius 3 is 2.14 bits per heavy atom. The normalized spacial score (nSPS) is 57.6. The lowest BCUT2D eigenvalue weighted by atomic mass is 9.63. The van der Waals surface area contributed by atoms with Gasteiger partial charge in [0.25, 0.3) is 0 Å². The Hall–Kier alpha value is -0.0800. The van der Waals surface area contributed by atoms with Gasteiger partial charge in [-0.1, -0.05) is 13.8 Å². The molecule has 2 saturated carbocycles. The lowest BCUT2D eigenvalue weighted by Gasteiger charge is -2.58. The molecule has 80 valence electrons. The molecule has 5 atom stereocenters. The van der Waals surface area contributed by atoms with Crippen LogP contribution in [0.15, 0.2) is 0 Å². The summed E-state index contributed by atoms with van der Waals surface area (Å²) in [6.45, 7) is 7.38. The van der Waals surface area contributed by atoms with Crippen molar-refractivity contribution in [2.45, 2.75) is 38.8 Å². The molecule has 0 aromatic heterocycles. The summed E-state index contributed by atoms with van der Waals surface area (Å²) in [5.41, 5.74) is 6.09. The van der Waals surface area contributed by atoms with E-state index in [-0.39, 0.29) is 0 Å². The van der Waals surface area contributed by atoms with E-state index in [1.54, 1.807) is 0 Å². The summed E-state index contributed by atoms with van der Waals surface area (Å²) in [7, 11) is 0. The van der Waals surface area contributed by atoms with Crippen LogP contribution in [0, 0.1) is 23.7 Å². The van der Waals surface area contributed by atoms with Crippen molar-refractivity contribution in [1.29, 1.82) is 0 Å². The molecule has 2 N–H and O–H groups in total. The molecule has 4 fully saturated rings. The number of hydrogen-bond acceptors (Lipinski definition) is 2. The van der Waals surface area contributed by atoms with Crippen LogP contribution in [0.1, 0.15) is 26.7 Å². The molecule has 0 aromatic rings. The van der Waals surface area contributed by atoms with E-state index in [1.165, 1.54) is 25.9 Å². The van der Waals surface area contributed by atoms with Gasteiger partial charge < -0.3 is 5.73 Å². The molecular formula is C12H22N2. The summed E-state index contributed by atoms with van der Waals surface area (Å²) in [4.78, 5) is 2.73. The van der Waals surface area contributed by atoms with Crippen LogP contribution in [0.5, 0.6) is 0 Å². The molecule has 0 spiro atoms. The van der Waals surface area contributed by atoms with Crippen LogP contribution in [0.3, 0.4) is 0 Å². The summed E-state index contributed by atoms with van der Waals surface area (Å²) in [6, 6.07) is 1.43. The minimum atomic E-state index is 0.541. The number of rotatable bonds is 1. The molecule has 4 rings (SSSR count). The third-order valence-corrected chi connectivity index (χ3v) is 5.22. The zero-order chi connectivity index (χ0) is 9.87. The van der Waals surface area contributed by atoms with Gasteiger partial charge in [-0.3, -0.25) is 4.90 Å². The Kier molecular flexibility index (Phi) is 1.94. The first-order chi connectivity index (χ1) is 6.66. The fourth-order valence-corrected chi connectivity index (χ4v) is 3.71. The van der Waals surface area contributed by atoms with Crippen molar-refractivity contribution in [2.24, 2.45) is 29.4 Å². The molecule has 2 heteroatoms.